The Kier molecular flexibility index (Phi) is 3.23. The first-order valence-corrected chi connectivity index (χ1v) is 4.14. The van der Waals surface area contributed by atoms with Gasteiger partial charge < -0.3 is 10.1 Å². The van der Waals surface area contributed by atoms with Gasteiger partial charge >= 0.3 is 5.97 Å². The van der Waals surface area contributed by atoms with Crippen LogP contribution in [0.5, 0.6) is 5.75 Å². The van der Waals surface area contributed by atoms with E-state index in [-0.39, 0.29) is 11.9 Å². The molecule has 0 radical (unpaired) electrons. The number of hydrogen-bond acceptors (Lipinski definition) is 3. The summed E-state index contributed by atoms with van der Waals surface area (Å²) in [6.45, 7) is 2.77. The minimum absolute atomic E-state index is 0.134. The molecular weight excluding hydrogens is 182 g/mol. The maximum absolute atomic E-state index is 10.7. The number of carbonyl (C=O) groups excluding carboxylic acids is 2. The van der Waals surface area contributed by atoms with E-state index in [9.17, 15) is 9.59 Å². The van der Waals surface area contributed by atoms with E-state index >= 15 is 0 Å². The molecule has 1 aromatic carbocycles. The Morgan fingerprint density at radius 3 is 2.14 bits per heavy atom. The Morgan fingerprint density at radius 1 is 1.14 bits per heavy atom. The predicted octanol–water partition coefficient (Wildman–Crippen LogP) is 1.57. The van der Waals surface area contributed by atoms with E-state index in [1.54, 1.807) is 24.3 Å². The van der Waals surface area contributed by atoms with E-state index in [1.165, 1.54) is 13.8 Å². The van der Waals surface area contributed by atoms with Crippen LogP contribution in [-0.4, -0.2) is 11.9 Å². The topological polar surface area (TPSA) is 55.4 Å². The van der Waals surface area contributed by atoms with Gasteiger partial charge in [0.15, 0.2) is 0 Å². The van der Waals surface area contributed by atoms with Crippen LogP contribution in [0, 0.1) is 0 Å². The maximum atomic E-state index is 10.7. The molecule has 74 valence electrons. The lowest BCUT2D eigenvalue weighted by Gasteiger charge is -2.03. The second-order valence-corrected chi connectivity index (χ2v) is 2.80. The predicted molar refractivity (Wildman–Crippen MR) is 52.1 cm³/mol. The molecule has 0 saturated heterocycles. The van der Waals surface area contributed by atoms with Crippen molar-refractivity contribution in [3.63, 3.8) is 0 Å². The third kappa shape index (κ3) is 3.26. The SMILES string of the molecule is CC(=O)Nc1ccc(OC(C)=O)cc1. The first kappa shape index (κ1) is 10.2. The molecule has 4 heteroatoms. The van der Waals surface area contributed by atoms with Crippen molar-refractivity contribution in [2.24, 2.45) is 0 Å². The smallest absolute Gasteiger partial charge is 0.308 e. The highest BCUT2D eigenvalue weighted by Gasteiger charge is 1.98. The normalized spacial score (nSPS) is 9.29. The van der Waals surface area contributed by atoms with Crippen molar-refractivity contribution in [1.29, 1.82) is 0 Å². The van der Waals surface area contributed by atoms with E-state index in [0.717, 1.165) is 0 Å². The van der Waals surface area contributed by atoms with E-state index in [4.69, 9.17) is 4.74 Å². The van der Waals surface area contributed by atoms with Gasteiger partial charge in [0.2, 0.25) is 5.91 Å². The van der Waals surface area contributed by atoms with Gasteiger partial charge in [0.05, 0.1) is 0 Å². The summed E-state index contributed by atoms with van der Waals surface area (Å²) in [7, 11) is 0. The second kappa shape index (κ2) is 4.41. The zero-order valence-electron chi connectivity index (χ0n) is 8.03. The Hall–Kier alpha value is -1.84. The average Bonchev–Trinajstić information content (AvgIpc) is 2.06. The minimum Gasteiger partial charge on any atom is -0.427 e. The maximum Gasteiger partial charge on any atom is 0.308 e. The quantitative estimate of drug-likeness (QED) is 0.573. The van der Waals surface area contributed by atoms with Gasteiger partial charge in [0.25, 0.3) is 0 Å². The van der Waals surface area contributed by atoms with E-state index in [0.29, 0.717) is 11.4 Å². The first-order chi connectivity index (χ1) is 6.58. The Labute approximate surface area is 81.9 Å². The highest BCUT2D eigenvalue weighted by Crippen LogP contribution is 2.15. The van der Waals surface area contributed by atoms with Crippen molar-refractivity contribution in [1.82, 2.24) is 0 Å². The fraction of sp³-hybridized carbons (Fsp3) is 0.200. The molecule has 14 heavy (non-hydrogen) atoms. The molecule has 1 rings (SSSR count). The molecule has 4 nitrogen and oxygen atoms in total. The molecule has 1 N–H and O–H groups in total. The van der Waals surface area contributed by atoms with Gasteiger partial charge in [-0.15, -0.1) is 0 Å². The lowest BCUT2D eigenvalue weighted by atomic mass is 10.3. The van der Waals surface area contributed by atoms with Gasteiger partial charge in [-0.05, 0) is 24.3 Å². The number of carbonyl (C=O) groups is 2. The number of anilines is 1. The van der Waals surface area contributed by atoms with E-state index < -0.39 is 0 Å². The van der Waals surface area contributed by atoms with Crippen LogP contribution in [0.2, 0.25) is 0 Å². The molecule has 0 saturated carbocycles. The van der Waals surface area contributed by atoms with Gasteiger partial charge in [-0.25, -0.2) is 0 Å². The van der Waals surface area contributed by atoms with Gasteiger partial charge in [-0.1, -0.05) is 0 Å². The van der Waals surface area contributed by atoms with Crippen LogP contribution in [0.4, 0.5) is 5.69 Å². The monoisotopic (exact) mass is 193 g/mol. The molecule has 0 heterocycles. The molecular formula is C10H11NO3. The van der Waals surface area contributed by atoms with Crippen molar-refractivity contribution in [3.05, 3.63) is 24.3 Å². The van der Waals surface area contributed by atoms with Crippen LogP contribution in [0.3, 0.4) is 0 Å². The second-order valence-electron chi connectivity index (χ2n) is 2.80. The molecule has 0 spiro atoms. The summed E-state index contributed by atoms with van der Waals surface area (Å²) in [5.74, 6) is -0.0332. The van der Waals surface area contributed by atoms with Crippen LogP contribution in [0.15, 0.2) is 24.3 Å². The van der Waals surface area contributed by atoms with Crippen molar-refractivity contribution in [2.75, 3.05) is 5.32 Å². The van der Waals surface area contributed by atoms with Gasteiger partial charge in [-0.2, -0.15) is 0 Å². The number of rotatable bonds is 2. The number of hydrogen-bond donors (Lipinski definition) is 1. The number of amides is 1. The van der Waals surface area contributed by atoms with E-state index in [1.807, 2.05) is 0 Å². The van der Waals surface area contributed by atoms with Crippen LogP contribution in [-0.2, 0) is 9.59 Å². The molecule has 0 aromatic heterocycles. The lowest BCUT2D eigenvalue weighted by Crippen LogP contribution is -2.06. The Morgan fingerprint density at radius 2 is 1.71 bits per heavy atom. The fourth-order valence-corrected chi connectivity index (χ4v) is 0.976. The standard InChI is InChI=1S/C10H11NO3/c1-7(12)11-9-3-5-10(6-4-9)14-8(2)13/h3-6H,1-2H3,(H,11,12). The summed E-state index contributed by atoms with van der Waals surface area (Å²) < 4.78 is 4.82. The van der Waals surface area contributed by atoms with Crippen LogP contribution in [0.25, 0.3) is 0 Å². The van der Waals surface area contributed by atoms with Crippen molar-refractivity contribution in [2.45, 2.75) is 13.8 Å². The number of ether oxygens (including phenoxy) is 1. The molecule has 0 unspecified atom stereocenters. The number of nitrogens with one attached hydrogen (secondary N) is 1. The summed E-state index contributed by atoms with van der Waals surface area (Å²) in [4.78, 5) is 21.3. The fourth-order valence-electron chi connectivity index (χ4n) is 0.976. The molecule has 0 fully saturated rings. The van der Waals surface area contributed by atoms with Crippen LogP contribution >= 0.6 is 0 Å². The summed E-state index contributed by atoms with van der Waals surface area (Å²) in [5.41, 5.74) is 0.674. The first-order valence-electron chi connectivity index (χ1n) is 4.14. The highest BCUT2D eigenvalue weighted by atomic mass is 16.5. The molecule has 0 atom stereocenters. The summed E-state index contributed by atoms with van der Waals surface area (Å²) in [6, 6.07) is 6.57. The van der Waals surface area contributed by atoms with Gasteiger partial charge in [0, 0.05) is 19.5 Å². The molecule has 0 aliphatic carbocycles. The molecule has 0 bridgehead atoms. The Balaban J connectivity index is 2.68. The third-order valence-electron chi connectivity index (χ3n) is 1.44. The zero-order chi connectivity index (χ0) is 10.6. The molecule has 1 aromatic rings. The molecule has 0 aliphatic heterocycles. The minimum atomic E-state index is -0.364. The number of benzene rings is 1. The largest absolute Gasteiger partial charge is 0.427 e. The Bertz CT molecular complexity index is 308. The zero-order valence-corrected chi connectivity index (χ0v) is 8.03. The number of esters is 1. The van der Waals surface area contributed by atoms with Gasteiger partial charge in [-0.3, -0.25) is 9.59 Å². The van der Waals surface area contributed by atoms with Crippen LogP contribution in [0.1, 0.15) is 13.8 Å². The third-order valence-corrected chi connectivity index (χ3v) is 1.44. The molecule has 0 aliphatic rings. The summed E-state index contributed by atoms with van der Waals surface area (Å²) in [6.07, 6.45) is 0. The van der Waals surface area contributed by atoms with Crippen LogP contribution < -0.4 is 10.1 Å². The highest BCUT2D eigenvalue weighted by molar-refractivity contribution is 5.88. The summed E-state index contributed by atoms with van der Waals surface area (Å²) in [5, 5.41) is 2.61. The van der Waals surface area contributed by atoms with Crippen molar-refractivity contribution >= 4 is 17.6 Å². The molecule has 1 amide bonds. The van der Waals surface area contributed by atoms with Crippen molar-refractivity contribution < 1.29 is 14.3 Å². The summed E-state index contributed by atoms with van der Waals surface area (Å²) >= 11 is 0. The van der Waals surface area contributed by atoms with Crippen molar-refractivity contribution in [3.8, 4) is 5.75 Å². The lowest BCUT2D eigenvalue weighted by molar-refractivity contribution is -0.131. The van der Waals surface area contributed by atoms with Gasteiger partial charge in [0.1, 0.15) is 5.75 Å². The average molecular weight is 193 g/mol. The van der Waals surface area contributed by atoms with E-state index in [2.05, 4.69) is 5.32 Å².